The van der Waals surface area contributed by atoms with Crippen LogP contribution in [0.4, 0.5) is 4.39 Å². The predicted molar refractivity (Wildman–Crippen MR) is 105 cm³/mol. The minimum Gasteiger partial charge on any atom is -0.465 e. The molecule has 0 spiro atoms. The average Bonchev–Trinajstić information content (AvgIpc) is 2.48. The maximum Gasteiger partial charge on any atom is 0.343 e. The van der Waals surface area contributed by atoms with E-state index in [0.717, 1.165) is 8.04 Å². The van der Waals surface area contributed by atoms with E-state index in [0.29, 0.717) is 10.9 Å². The molecule has 0 saturated carbocycles. The van der Waals surface area contributed by atoms with Crippen LogP contribution in [0.25, 0.3) is 0 Å². The van der Waals surface area contributed by atoms with Gasteiger partial charge in [0.15, 0.2) is 0 Å². The second-order valence-corrected chi connectivity index (χ2v) is 13.2. The number of nitrogens with zero attached hydrogens (tertiary/aromatic N) is 1. The number of ether oxygens (including phenoxy) is 2. The van der Waals surface area contributed by atoms with Crippen LogP contribution < -0.4 is 9.92 Å². The first-order chi connectivity index (χ1) is 11.1. The molecule has 1 aromatic carbocycles. The fourth-order valence-electron chi connectivity index (χ4n) is 2.00. The number of hydrogen-bond acceptors (Lipinski definition) is 4. The molecule has 0 aliphatic carbocycles. The van der Waals surface area contributed by atoms with Gasteiger partial charge in [-0.2, -0.15) is 9.37 Å². The fraction of sp³-hybridized carbons (Fsp3) is 0.250. The van der Waals surface area contributed by atoms with Crippen LogP contribution in [0.15, 0.2) is 28.7 Å². The summed E-state index contributed by atoms with van der Waals surface area (Å²) in [6, 6.07) is 6.86. The Morgan fingerprint density at radius 3 is 2.50 bits per heavy atom. The summed E-state index contributed by atoms with van der Waals surface area (Å²) in [4.78, 5) is 16.0. The van der Waals surface area contributed by atoms with Crippen LogP contribution in [0.1, 0.15) is 10.4 Å². The lowest BCUT2D eigenvalue weighted by atomic mass is 10.2. The third kappa shape index (κ3) is 4.34. The minimum absolute atomic E-state index is 0.0958. The van der Waals surface area contributed by atoms with Gasteiger partial charge in [-0.25, -0.2) is 4.79 Å². The summed E-state index contributed by atoms with van der Waals surface area (Å²) >= 11 is 5.46. The molecule has 4 nitrogen and oxygen atoms in total. The smallest absolute Gasteiger partial charge is 0.343 e. The molecular formula is C16H16BrFINO3Si. The number of benzene rings is 1. The Labute approximate surface area is 163 Å². The van der Waals surface area contributed by atoms with E-state index in [9.17, 15) is 9.18 Å². The molecule has 0 unspecified atom stereocenters. The second kappa shape index (κ2) is 7.48. The van der Waals surface area contributed by atoms with Gasteiger partial charge in [0.2, 0.25) is 11.8 Å². The van der Waals surface area contributed by atoms with Gasteiger partial charge in [0, 0.05) is 4.47 Å². The van der Waals surface area contributed by atoms with E-state index >= 15 is 0 Å². The van der Waals surface area contributed by atoms with E-state index in [2.05, 4.69) is 43.5 Å². The lowest BCUT2D eigenvalue weighted by molar-refractivity contribution is 0.0597. The molecule has 2 aromatic rings. The van der Waals surface area contributed by atoms with Gasteiger partial charge >= 0.3 is 5.97 Å². The first kappa shape index (κ1) is 19.3. The normalized spacial score (nSPS) is 11.3. The van der Waals surface area contributed by atoms with Crippen molar-refractivity contribution in [2.24, 2.45) is 0 Å². The van der Waals surface area contributed by atoms with Crippen molar-refractivity contribution < 1.29 is 18.7 Å². The number of aromatic nitrogens is 1. The topological polar surface area (TPSA) is 48.4 Å². The van der Waals surface area contributed by atoms with E-state index in [4.69, 9.17) is 9.47 Å². The number of esters is 1. The number of rotatable bonds is 4. The predicted octanol–water partition coefficient (Wildman–Crippen LogP) is 4.71. The van der Waals surface area contributed by atoms with Crippen molar-refractivity contribution in [3.8, 4) is 11.6 Å². The zero-order valence-corrected chi connectivity index (χ0v) is 18.4. The lowest BCUT2D eigenvalue weighted by Crippen LogP contribution is -2.41. The molecule has 0 bridgehead atoms. The van der Waals surface area contributed by atoms with Crippen LogP contribution >= 0.6 is 38.5 Å². The quantitative estimate of drug-likeness (QED) is 0.252. The number of carbonyl (C=O) groups is 1. The van der Waals surface area contributed by atoms with E-state index in [1.165, 1.54) is 13.2 Å². The van der Waals surface area contributed by atoms with Crippen molar-refractivity contribution >= 4 is 57.8 Å². The van der Waals surface area contributed by atoms with E-state index in [-0.39, 0.29) is 11.4 Å². The summed E-state index contributed by atoms with van der Waals surface area (Å²) in [6.07, 6.45) is 0. The fourth-order valence-corrected chi connectivity index (χ4v) is 4.66. The van der Waals surface area contributed by atoms with Gasteiger partial charge in [0.25, 0.3) is 0 Å². The molecule has 0 saturated heterocycles. The highest BCUT2D eigenvalue weighted by Gasteiger charge is 2.27. The zero-order valence-electron chi connectivity index (χ0n) is 13.6. The third-order valence-corrected chi connectivity index (χ3v) is 6.56. The van der Waals surface area contributed by atoms with E-state index < -0.39 is 20.0 Å². The third-order valence-electron chi connectivity index (χ3n) is 3.25. The van der Waals surface area contributed by atoms with E-state index in [1.54, 1.807) is 12.1 Å². The van der Waals surface area contributed by atoms with Crippen molar-refractivity contribution in [1.82, 2.24) is 4.98 Å². The number of halogens is 3. The molecule has 24 heavy (non-hydrogen) atoms. The summed E-state index contributed by atoms with van der Waals surface area (Å²) in [5.74, 6) is -0.828. The highest BCUT2D eigenvalue weighted by molar-refractivity contribution is 14.1. The molecule has 0 aliphatic rings. The van der Waals surface area contributed by atoms with Crippen molar-refractivity contribution in [2.45, 2.75) is 19.6 Å². The Balaban J connectivity index is 2.56. The summed E-state index contributed by atoms with van der Waals surface area (Å²) in [5, 5.41) is 0.459. The number of hydrogen-bond donors (Lipinski definition) is 0. The maximum absolute atomic E-state index is 14.4. The van der Waals surface area contributed by atoms with Crippen molar-refractivity contribution in [1.29, 1.82) is 0 Å². The molecule has 0 atom stereocenters. The molecule has 0 fully saturated rings. The Bertz CT molecular complexity index is 796. The van der Waals surface area contributed by atoms with Crippen LogP contribution in [0, 0.1) is 9.52 Å². The van der Waals surface area contributed by atoms with Gasteiger partial charge in [-0.05, 0) is 52.0 Å². The van der Waals surface area contributed by atoms with Crippen molar-refractivity contribution in [2.75, 3.05) is 7.11 Å². The Morgan fingerprint density at radius 1 is 1.29 bits per heavy atom. The summed E-state index contributed by atoms with van der Waals surface area (Å²) in [7, 11) is -0.739. The van der Waals surface area contributed by atoms with Crippen LogP contribution in [0.3, 0.4) is 0 Å². The van der Waals surface area contributed by atoms with Gasteiger partial charge in [-0.1, -0.05) is 35.6 Å². The highest BCUT2D eigenvalue weighted by atomic mass is 127. The molecular weight excluding hydrogens is 508 g/mol. The molecule has 1 heterocycles. The maximum atomic E-state index is 14.4. The molecule has 0 aliphatic heterocycles. The first-order valence-electron chi connectivity index (χ1n) is 7.05. The SMILES string of the molecule is COC(=O)c1cc([Si](C)(C)C)c(F)nc1Oc1ccc(Br)cc1I. The van der Waals surface area contributed by atoms with Crippen LogP contribution in [0.5, 0.6) is 11.6 Å². The van der Waals surface area contributed by atoms with Crippen LogP contribution in [-0.4, -0.2) is 26.1 Å². The largest absolute Gasteiger partial charge is 0.465 e. The van der Waals surface area contributed by atoms with Crippen LogP contribution in [0.2, 0.25) is 19.6 Å². The number of methoxy groups -OCH3 is 1. The Morgan fingerprint density at radius 2 is 1.96 bits per heavy atom. The zero-order chi connectivity index (χ0) is 18.1. The molecule has 128 valence electrons. The Hall–Kier alpha value is -1.00. The highest BCUT2D eigenvalue weighted by Crippen LogP contribution is 2.30. The molecule has 0 radical (unpaired) electrons. The monoisotopic (exact) mass is 523 g/mol. The second-order valence-electron chi connectivity index (χ2n) is 6.10. The van der Waals surface area contributed by atoms with Crippen molar-refractivity contribution in [3.63, 3.8) is 0 Å². The standard InChI is InChI=1S/C16H16BrFINO3Si/c1-22-16(21)10-8-13(24(2,3)4)14(18)20-15(10)23-12-6-5-9(17)7-11(12)19/h5-8H,1-4H3. The van der Waals surface area contributed by atoms with Crippen molar-refractivity contribution in [3.05, 3.63) is 43.8 Å². The molecule has 2 rings (SSSR count). The van der Waals surface area contributed by atoms with E-state index in [1.807, 2.05) is 25.7 Å². The van der Waals surface area contributed by atoms with Gasteiger partial charge in [0.1, 0.15) is 11.3 Å². The van der Waals surface area contributed by atoms with Gasteiger partial charge in [-0.15, -0.1) is 0 Å². The molecule has 0 amide bonds. The average molecular weight is 524 g/mol. The van der Waals surface area contributed by atoms with Crippen LogP contribution in [-0.2, 0) is 4.74 Å². The summed E-state index contributed by atoms with van der Waals surface area (Å²) < 4.78 is 26.6. The summed E-state index contributed by atoms with van der Waals surface area (Å²) in [6.45, 7) is 5.94. The first-order valence-corrected chi connectivity index (χ1v) is 12.4. The molecule has 0 N–H and O–H groups in total. The number of pyridine rings is 1. The minimum atomic E-state index is -2.01. The van der Waals surface area contributed by atoms with Gasteiger partial charge < -0.3 is 9.47 Å². The van der Waals surface area contributed by atoms with Gasteiger partial charge in [-0.3, -0.25) is 0 Å². The molecule has 8 heteroatoms. The Kier molecular flexibility index (Phi) is 6.03. The lowest BCUT2D eigenvalue weighted by Gasteiger charge is -2.19. The number of carbonyl (C=O) groups excluding carboxylic acids is 1. The summed E-state index contributed by atoms with van der Waals surface area (Å²) in [5.41, 5.74) is 0.120. The van der Waals surface area contributed by atoms with Gasteiger partial charge in [0.05, 0.1) is 18.8 Å². The molecule has 1 aromatic heterocycles.